The molecule has 1 fully saturated rings. The van der Waals surface area contributed by atoms with Crippen LogP contribution in [0.4, 0.5) is 5.82 Å². The molecular formula is C23H27N5O2. The normalized spacial score (nSPS) is 14.7. The van der Waals surface area contributed by atoms with Crippen LogP contribution in [0.2, 0.25) is 0 Å². The molecule has 156 valence electrons. The molecule has 1 aromatic heterocycles. The molecule has 6 N–H and O–H groups in total. The van der Waals surface area contributed by atoms with E-state index < -0.39 is 5.91 Å². The molecule has 0 radical (unpaired) electrons. The highest BCUT2D eigenvalue weighted by Gasteiger charge is 2.25. The number of anilines is 1. The number of phenols is 1. The Balaban J connectivity index is 1.87. The third-order valence-electron chi connectivity index (χ3n) is 5.95. The van der Waals surface area contributed by atoms with Crippen molar-refractivity contribution >= 4 is 11.7 Å². The molecule has 2 aromatic carbocycles. The predicted molar refractivity (Wildman–Crippen MR) is 118 cm³/mol. The Morgan fingerprint density at radius 3 is 2.63 bits per heavy atom. The van der Waals surface area contributed by atoms with E-state index in [9.17, 15) is 9.90 Å². The van der Waals surface area contributed by atoms with Gasteiger partial charge in [0.1, 0.15) is 22.8 Å². The van der Waals surface area contributed by atoms with Gasteiger partial charge < -0.3 is 21.9 Å². The highest BCUT2D eigenvalue weighted by Crippen LogP contribution is 2.35. The van der Waals surface area contributed by atoms with Crippen LogP contribution in [-0.4, -0.2) is 33.9 Å². The highest BCUT2D eigenvalue weighted by molar-refractivity contribution is 6.03. The van der Waals surface area contributed by atoms with Gasteiger partial charge in [-0.3, -0.25) is 4.79 Å². The van der Waals surface area contributed by atoms with Crippen LogP contribution in [0.15, 0.2) is 36.4 Å². The molecular weight excluding hydrogens is 378 g/mol. The number of carbonyl (C=O) groups excluding carboxylic acids is 1. The van der Waals surface area contributed by atoms with Gasteiger partial charge in [0.05, 0.1) is 5.69 Å². The summed E-state index contributed by atoms with van der Waals surface area (Å²) in [5, 5.41) is 18.3. The lowest BCUT2D eigenvalue weighted by atomic mass is 9.89. The van der Waals surface area contributed by atoms with Gasteiger partial charge in [0.25, 0.3) is 5.91 Å². The molecule has 1 saturated heterocycles. The Hall–Kier alpha value is -3.32. The average Bonchev–Trinajstić information content (AvgIpc) is 3.09. The van der Waals surface area contributed by atoms with Crippen molar-refractivity contribution in [3.8, 4) is 22.7 Å². The monoisotopic (exact) mass is 405 g/mol. The molecule has 1 aliphatic heterocycles. The summed E-state index contributed by atoms with van der Waals surface area (Å²) in [4.78, 5) is 12.3. The minimum Gasteiger partial charge on any atom is -0.508 e. The maximum atomic E-state index is 12.3. The fourth-order valence-corrected chi connectivity index (χ4v) is 4.29. The molecule has 2 heterocycles. The standard InChI is InChI=1S/C23H27N5O2/c1-13-6-7-18(29)14(2)21(13)28-22(24)19(23(25)30)20(27-28)17-5-3-4-16(12-17)15-8-10-26-11-9-15/h3-7,12,15,26,29H,8-11,24H2,1-2H3,(H2,25,30). The summed E-state index contributed by atoms with van der Waals surface area (Å²) >= 11 is 0. The fraction of sp³-hybridized carbons (Fsp3) is 0.304. The molecule has 30 heavy (non-hydrogen) atoms. The van der Waals surface area contributed by atoms with E-state index in [0.29, 0.717) is 22.9 Å². The second-order valence-corrected chi connectivity index (χ2v) is 7.91. The van der Waals surface area contributed by atoms with Crippen molar-refractivity contribution in [3.05, 3.63) is 58.7 Å². The van der Waals surface area contributed by atoms with Crippen LogP contribution in [0.5, 0.6) is 5.75 Å². The first kappa shape index (κ1) is 20.0. The van der Waals surface area contributed by atoms with Gasteiger partial charge >= 0.3 is 0 Å². The minimum atomic E-state index is -0.628. The molecule has 3 aromatic rings. The molecule has 7 nitrogen and oxygen atoms in total. The molecule has 0 aliphatic carbocycles. The van der Waals surface area contributed by atoms with Crippen LogP contribution < -0.4 is 16.8 Å². The van der Waals surface area contributed by atoms with Crippen molar-refractivity contribution in [3.63, 3.8) is 0 Å². The highest BCUT2D eigenvalue weighted by atomic mass is 16.3. The number of nitrogens with one attached hydrogen (secondary N) is 1. The Kier molecular flexibility index (Phi) is 5.22. The van der Waals surface area contributed by atoms with E-state index in [0.717, 1.165) is 37.1 Å². The summed E-state index contributed by atoms with van der Waals surface area (Å²) in [6.07, 6.45) is 2.15. The van der Waals surface area contributed by atoms with Crippen LogP contribution in [0.25, 0.3) is 16.9 Å². The number of primary amides is 1. The molecule has 4 rings (SSSR count). The maximum Gasteiger partial charge on any atom is 0.254 e. The largest absolute Gasteiger partial charge is 0.508 e. The van der Waals surface area contributed by atoms with Crippen molar-refractivity contribution in [1.29, 1.82) is 0 Å². The predicted octanol–water partition coefficient (Wildman–Crippen LogP) is 3.01. The van der Waals surface area contributed by atoms with Crippen LogP contribution in [0, 0.1) is 13.8 Å². The Bertz CT molecular complexity index is 1110. The van der Waals surface area contributed by atoms with Crippen LogP contribution in [0.3, 0.4) is 0 Å². The maximum absolute atomic E-state index is 12.3. The molecule has 0 bridgehead atoms. The number of amides is 1. The van der Waals surface area contributed by atoms with E-state index >= 15 is 0 Å². The molecule has 7 heteroatoms. The third-order valence-corrected chi connectivity index (χ3v) is 5.95. The van der Waals surface area contributed by atoms with Crippen molar-refractivity contribution in [2.45, 2.75) is 32.6 Å². The summed E-state index contributed by atoms with van der Waals surface area (Å²) < 4.78 is 1.51. The molecule has 0 unspecified atom stereocenters. The first-order valence-electron chi connectivity index (χ1n) is 10.2. The van der Waals surface area contributed by atoms with Crippen molar-refractivity contribution in [2.24, 2.45) is 5.73 Å². The smallest absolute Gasteiger partial charge is 0.254 e. The summed E-state index contributed by atoms with van der Waals surface area (Å²) in [7, 11) is 0. The second kappa shape index (κ2) is 7.84. The lowest BCUT2D eigenvalue weighted by molar-refractivity contribution is 0.100. The van der Waals surface area contributed by atoms with E-state index in [-0.39, 0.29) is 17.1 Å². The van der Waals surface area contributed by atoms with Crippen molar-refractivity contribution < 1.29 is 9.90 Å². The van der Waals surface area contributed by atoms with Gasteiger partial charge in [-0.15, -0.1) is 0 Å². The zero-order valence-electron chi connectivity index (χ0n) is 17.3. The molecule has 0 spiro atoms. The number of carbonyl (C=O) groups is 1. The molecule has 1 amide bonds. The lowest BCUT2D eigenvalue weighted by Gasteiger charge is -2.23. The zero-order chi connectivity index (χ0) is 21.4. The third kappa shape index (κ3) is 3.41. The first-order valence-corrected chi connectivity index (χ1v) is 10.2. The van der Waals surface area contributed by atoms with E-state index in [1.165, 1.54) is 10.2 Å². The quantitative estimate of drug-likeness (QED) is 0.532. The number of aromatic hydroxyl groups is 1. The number of hydrogen-bond donors (Lipinski definition) is 4. The lowest BCUT2D eigenvalue weighted by Crippen LogP contribution is -2.26. The Morgan fingerprint density at radius 2 is 1.93 bits per heavy atom. The van der Waals surface area contributed by atoms with E-state index in [1.807, 2.05) is 19.1 Å². The van der Waals surface area contributed by atoms with Gasteiger partial charge in [0, 0.05) is 11.1 Å². The number of phenolic OH excluding ortho intramolecular Hbond substituents is 1. The van der Waals surface area contributed by atoms with Gasteiger partial charge in [-0.05, 0) is 69.0 Å². The molecule has 1 aliphatic rings. The van der Waals surface area contributed by atoms with Crippen molar-refractivity contribution in [2.75, 3.05) is 18.8 Å². The Labute approximate surface area is 175 Å². The average molecular weight is 406 g/mol. The summed E-state index contributed by atoms with van der Waals surface area (Å²) in [5.41, 5.74) is 16.9. The fourth-order valence-electron chi connectivity index (χ4n) is 4.29. The first-order chi connectivity index (χ1) is 14.4. The topological polar surface area (TPSA) is 119 Å². The number of nitrogens with zero attached hydrogens (tertiary/aromatic N) is 2. The number of benzene rings is 2. The summed E-state index contributed by atoms with van der Waals surface area (Å²) in [6, 6.07) is 11.5. The minimum absolute atomic E-state index is 0.139. The van der Waals surface area contributed by atoms with Crippen molar-refractivity contribution in [1.82, 2.24) is 15.1 Å². The number of nitrogens with two attached hydrogens (primary N) is 2. The SMILES string of the molecule is Cc1ccc(O)c(C)c1-n1nc(-c2cccc(C3CCNCC3)c2)c(C(N)=O)c1N. The van der Waals surface area contributed by atoms with Crippen LogP contribution in [-0.2, 0) is 0 Å². The summed E-state index contributed by atoms with van der Waals surface area (Å²) in [5.74, 6) is 0.150. The number of piperidine rings is 1. The number of aryl methyl sites for hydroxylation is 1. The van der Waals surface area contributed by atoms with Crippen LogP contribution in [0.1, 0.15) is 45.8 Å². The Morgan fingerprint density at radius 1 is 1.20 bits per heavy atom. The van der Waals surface area contributed by atoms with E-state index in [1.54, 1.807) is 19.1 Å². The molecule has 0 saturated carbocycles. The number of rotatable bonds is 4. The van der Waals surface area contributed by atoms with E-state index in [4.69, 9.17) is 11.5 Å². The van der Waals surface area contributed by atoms with Crippen LogP contribution >= 0.6 is 0 Å². The molecule has 0 atom stereocenters. The second-order valence-electron chi connectivity index (χ2n) is 7.91. The van der Waals surface area contributed by atoms with Gasteiger partial charge in [-0.1, -0.05) is 24.3 Å². The van der Waals surface area contributed by atoms with E-state index in [2.05, 4.69) is 22.5 Å². The number of hydrogen-bond acceptors (Lipinski definition) is 5. The van der Waals surface area contributed by atoms with Gasteiger partial charge in [0.2, 0.25) is 0 Å². The number of aromatic nitrogens is 2. The summed E-state index contributed by atoms with van der Waals surface area (Å²) in [6.45, 7) is 5.70. The zero-order valence-corrected chi connectivity index (χ0v) is 17.3. The van der Waals surface area contributed by atoms with Gasteiger partial charge in [-0.25, -0.2) is 4.68 Å². The van der Waals surface area contributed by atoms with Gasteiger partial charge in [0.15, 0.2) is 0 Å². The number of nitrogen functional groups attached to an aromatic ring is 1. The van der Waals surface area contributed by atoms with Gasteiger partial charge in [-0.2, -0.15) is 5.10 Å².